The molecule has 2 heterocycles. The van der Waals surface area contributed by atoms with Crippen LogP contribution >= 0.6 is 0 Å². The van der Waals surface area contributed by atoms with Gasteiger partial charge >= 0.3 is 11.9 Å². The average molecular weight is 339 g/mol. The minimum atomic E-state index is -0.485. The molecule has 0 aliphatic rings. The van der Waals surface area contributed by atoms with Gasteiger partial charge in [-0.05, 0) is 36.8 Å². The lowest BCUT2D eigenvalue weighted by Gasteiger charge is -2.04. The highest BCUT2D eigenvalue weighted by molar-refractivity contribution is 6.01. The summed E-state index contributed by atoms with van der Waals surface area (Å²) in [5, 5.41) is 5.00. The standard InChI is InChI=1S/C18H17N3O4/c1-3-25-18(23)16-14-5-4-10-19-17(14)21(20-16)13-8-6-12(7-9-13)11-15(22)24-2/h4-10H,3,11H2,1-2H3. The number of ether oxygens (including phenoxy) is 2. The first kappa shape index (κ1) is 16.6. The molecule has 0 aliphatic heterocycles. The van der Waals surface area contributed by atoms with E-state index in [-0.39, 0.29) is 24.7 Å². The molecule has 0 unspecified atom stereocenters. The second kappa shape index (κ2) is 7.12. The Kier molecular flexibility index (Phi) is 4.74. The fraction of sp³-hybridized carbons (Fsp3) is 0.222. The van der Waals surface area contributed by atoms with Gasteiger partial charge in [-0.25, -0.2) is 14.5 Å². The lowest BCUT2D eigenvalue weighted by molar-refractivity contribution is -0.139. The molecule has 0 atom stereocenters. The second-order valence-electron chi connectivity index (χ2n) is 5.27. The van der Waals surface area contributed by atoms with Crippen LogP contribution in [0.5, 0.6) is 0 Å². The van der Waals surface area contributed by atoms with Crippen molar-refractivity contribution in [2.45, 2.75) is 13.3 Å². The maximum absolute atomic E-state index is 12.1. The highest BCUT2D eigenvalue weighted by atomic mass is 16.5. The second-order valence-corrected chi connectivity index (χ2v) is 5.27. The highest BCUT2D eigenvalue weighted by Gasteiger charge is 2.19. The molecule has 0 saturated carbocycles. The molecular formula is C18H17N3O4. The van der Waals surface area contributed by atoms with Crippen LogP contribution in [0.1, 0.15) is 23.0 Å². The first-order chi connectivity index (χ1) is 12.1. The zero-order valence-electron chi connectivity index (χ0n) is 13.9. The number of esters is 2. The van der Waals surface area contributed by atoms with E-state index in [0.29, 0.717) is 11.0 Å². The Balaban J connectivity index is 2.01. The summed E-state index contributed by atoms with van der Waals surface area (Å²) in [7, 11) is 1.36. The van der Waals surface area contributed by atoms with Gasteiger partial charge in [0.2, 0.25) is 0 Å². The van der Waals surface area contributed by atoms with Crippen LogP contribution in [-0.4, -0.2) is 40.4 Å². The first-order valence-electron chi connectivity index (χ1n) is 7.81. The van der Waals surface area contributed by atoms with Gasteiger partial charge in [-0.15, -0.1) is 0 Å². The van der Waals surface area contributed by atoms with E-state index in [1.165, 1.54) is 7.11 Å². The van der Waals surface area contributed by atoms with Gasteiger partial charge in [0.05, 0.1) is 31.2 Å². The van der Waals surface area contributed by atoms with Crippen LogP contribution in [-0.2, 0) is 20.7 Å². The molecular weight excluding hydrogens is 322 g/mol. The van der Waals surface area contributed by atoms with E-state index in [4.69, 9.17) is 4.74 Å². The molecule has 0 amide bonds. The summed E-state index contributed by atoms with van der Waals surface area (Å²) in [4.78, 5) is 27.8. The van der Waals surface area contributed by atoms with Crippen molar-refractivity contribution in [1.82, 2.24) is 14.8 Å². The summed E-state index contributed by atoms with van der Waals surface area (Å²) in [5.74, 6) is -0.787. The van der Waals surface area contributed by atoms with E-state index in [1.54, 1.807) is 29.9 Å². The molecule has 0 aliphatic carbocycles. The van der Waals surface area contributed by atoms with Gasteiger partial charge in [0.25, 0.3) is 0 Å². The number of methoxy groups -OCH3 is 1. The maximum atomic E-state index is 12.1. The number of rotatable bonds is 5. The predicted molar refractivity (Wildman–Crippen MR) is 90.5 cm³/mol. The van der Waals surface area contributed by atoms with Gasteiger partial charge in [0, 0.05) is 6.20 Å². The molecule has 7 nitrogen and oxygen atoms in total. The summed E-state index contributed by atoms with van der Waals surface area (Å²) in [6.45, 7) is 2.02. The van der Waals surface area contributed by atoms with Gasteiger partial charge in [-0.2, -0.15) is 5.10 Å². The molecule has 1 aromatic carbocycles. The van der Waals surface area contributed by atoms with E-state index in [2.05, 4.69) is 14.8 Å². The molecule has 0 spiro atoms. The molecule has 0 saturated heterocycles. The lowest BCUT2D eigenvalue weighted by atomic mass is 10.1. The zero-order chi connectivity index (χ0) is 17.8. The van der Waals surface area contributed by atoms with Gasteiger partial charge in [0.15, 0.2) is 11.3 Å². The Morgan fingerprint density at radius 1 is 1.16 bits per heavy atom. The largest absolute Gasteiger partial charge is 0.469 e. The third-order valence-corrected chi connectivity index (χ3v) is 3.67. The molecule has 0 bridgehead atoms. The molecule has 3 aromatic rings. The summed E-state index contributed by atoms with van der Waals surface area (Å²) in [6, 6.07) is 10.8. The van der Waals surface area contributed by atoms with Crippen molar-refractivity contribution in [1.29, 1.82) is 0 Å². The first-order valence-corrected chi connectivity index (χ1v) is 7.81. The van der Waals surface area contributed by atoms with E-state index in [1.807, 2.05) is 24.3 Å². The average Bonchev–Trinajstić information content (AvgIpc) is 3.02. The number of carbonyl (C=O) groups excluding carboxylic acids is 2. The number of nitrogens with zero attached hydrogens (tertiary/aromatic N) is 3. The summed E-state index contributed by atoms with van der Waals surface area (Å²) >= 11 is 0. The number of hydrogen-bond acceptors (Lipinski definition) is 6. The minimum Gasteiger partial charge on any atom is -0.469 e. The van der Waals surface area contributed by atoms with E-state index in [9.17, 15) is 9.59 Å². The number of hydrogen-bond donors (Lipinski definition) is 0. The van der Waals surface area contributed by atoms with Crippen LogP contribution in [0.4, 0.5) is 0 Å². The monoisotopic (exact) mass is 339 g/mol. The lowest BCUT2D eigenvalue weighted by Crippen LogP contribution is -2.07. The summed E-state index contributed by atoms with van der Waals surface area (Å²) in [5.41, 5.74) is 2.34. The van der Waals surface area contributed by atoms with Crippen molar-refractivity contribution < 1.29 is 19.1 Å². The van der Waals surface area contributed by atoms with Crippen LogP contribution in [0.3, 0.4) is 0 Å². The van der Waals surface area contributed by atoms with Crippen LogP contribution in [0.2, 0.25) is 0 Å². The predicted octanol–water partition coefficient (Wildman–Crippen LogP) is 2.31. The highest BCUT2D eigenvalue weighted by Crippen LogP contribution is 2.21. The summed E-state index contributed by atoms with van der Waals surface area (Å²) < 4.78 is 11.3. The van der Waals surface area contributed by atoms with Crippen molar-refractivity contribution >= 4 is 23.0 Å². The molecule has 0 N–H and O–H groups in total. The fourth-order valence-electron chi connectivity index (χ4n) is 2.48. The molecule has 2 aromatic heterocycles. The number of carbonyl (C=O) groups is 2. The minimum absolute atomic E-state index is 0.197. The van der Waals surface area contributed by atoms with Crippen LogP contribution < -0.4 is 0 Å². The van der Waals surface area contributed by atoms with Crippen LogP contribution in [0, 0.1) is 0 Å². The zero-order valence-corrected chi connectivity index (χ0v) is 13.9. The SMILES string of the molecule is CCOC(=O)c1nn(-c2ccc(CC(=O)OC)cc2)c2ncccc12. The van der Waals surface area contributed by atoms with Gasteiger partial charge < -0.3 is 9.47 Å². The van der Waals surface area contributed by atoms with Crippen molar-refractivity contribution in [2.75, 3.05) is 13.7 Å². The normalized spacial score (nSPS) is 10.6. The molecule has 3 rings (SSSR count). The molecule has 0 fully saturated rings. The third kappa shape index (κ3) is 3.35. The van der Waals surface area contributed by atoms with Crippen LogP contribution in [0.15, 0.2) is 42.6 Å². The van der Waals surface area contributed by atoms with Crippen molar-refractivity contribution in [3.63, 3.8) is 0 Å². The van der Waals surface area contributed by atoms with Crippen molar-refractivity contribution in [3.05, 3.63) is 53.9 Å². The molecule has 25 heavy (non-hydrogen) atoms. The Labute approximate surface area is 144 Å². The Morgan fingerprint density at radius 2 is 1.92 bits per heavy atom. The Morgan fingerprint density at radius 3 is 2.60 bits per heavy atom. The number of pyridine rings is 1. The molecule has 7 heteroatoms. The Hall–Kier alpha value is -3.22. The van der Waals surface area contributed by atoms with Crippen molar-refractivity contribution in [2.24, 2.45) is 0 Å². The fourth-order valence-corrected chi connectivity index (χ4v) is 2.48. The quantitative estimate of drug-likeness (QED) is 0.663. The van der Waals surface area contributed by atoms with Crippen LogP contribution in [0.25, 0.3) is 16.7 Å². The number of fused-ring (bicyclic) bond motifs is 1. The topological polar surface area (TPSA) is 83.3 Å². The number of benzene rings is 1. The van der Waals surface area contributed by atoms with Crippen molar-refractivity contribution in [3.8, 4) is 5.69 Å². The van der Waals surface area contributed by atoms with E-state index in [0.717, 1.165) is 11.3 Å². The number of aromatic nitrogens is 3. The smallest absolute Gasteiger partial charge is 0.359 e. The third-order valence-electron chi connectivity index (χ3n) is 3.67. The molecule has 128 valence electrons. The Bertz CT molecular complexity index is 916. The van der Waals surface area contributed by atoms with E-state index >= 15 is 0 Å². The van der Waals surface area contributed by atoms with E-state index < -0.39 is 5.97 Å². The molecule has 0 radical (unpaired) electrons. The van der Waals surface area contributed by atoms with Gasteiger partial charge in [0.1, 0.15) is 0 Å². The van der Waals surface area contributed by atoms with Gasteiger partial charge in [-0.1, -0.05) is 12.1 Å². The summed E-state index contributed by atoms with van der Waals surface area (Å²) in [6.07, 6.45) is 1.84. The van der Waals surface area contributed by atoms with Gasteiger partial charge in [-0.3, -0.25) is 4.79 Å². The maximum Gasteiger partial charge on any atom is 0.359 e.